The van der Waals surface area contributed by atoms with Crippen molar-refractivity contribution in [2.45, 2.75) is 18.9 Å². The van der Waals surface area contributed by atoms with Crippen LogP contribution in [0.5, 0.6) is 0 Å². The molecule has 5 nitrogen and oxygen atoms in total. The molecular weight excluding hydrogens is 296 g/mol. The molecule has 112 valence electrons. The van der Waals surface area contributed by atoms with E-state index >= 15 is 0 Å². The Morgan fingerprint density at radius 3 is 2.91 bits per heavy atom. The lowest BCUT2D eigenvalue weighted by Crippen LogP contribution is -2.57. The average Bonchev–Trinajstić information content (AvgIpc) is 2.99. The van der Waals surface area contributed by atoms with Crippen molar-refractivity contribution in [2.75, 3.05) is 19.6 Å². The van der Waals surface area contributed by atoms with Crippen LogP contribution < -0.4 is 5.32 Å². The molecule has 3 aliphatic rings. The molecule has 5 rings (SSSR count). The molecule has 1 amide bonds. The van der Waals surface area contributed by atoms with E-state index in [-0.39, 0.29) is 11.9 Å². The lowest BCUT2D eigenvalue weighted by Gasteiger charge is -2.44. The van der Waals surface area contributed by atoms with Crippen molar-refractivity contribution in [3.63, 3.8) is 0 Å². The number of piperidine rings is 3. The Bertz CT molecular complexity index is 770. The molecule has 4 heterocycles. The van der Waals surface area contributed by atoms with Crippen molar-refractivity contribution in [3.05, 3.63) is 28.6 Å². The van der Waals surface area contributed by atoms with Gasteiger partial charge in [-0.1, -0.05) is 0 Å². The molecule has 0 saturated carbocycles. The lowest BCUT2D eigenvalue weighted by molar-refractivity contribution is 0.0623. The molecule has 6 heteroatoms. The second-order valence-corrected chi connectivity index (χ2v) is 6.85. The predicted octanol–water partition coefficient (Wildman–Crippen LogP) is 1.99. The van der Waals surface area contributed by atoms with Crippen LogP contribution in [0.2, 0.25) is 0 Å². The van der Waals surface area contributed by atoms with Gasteiger partial charge in [-0.15, -0.1) is 0 Å². The van der Waals surface area contributed by atoms with Crippen LogP contribution in [0.15, 0.2) is 18.2 Å². The maximum atomic E-state index is 12.6. The molecule has 0 spiro atoms. The van der Waals surface area contributed by atoms with E-state index < -0.39 is 0 Å². The minimum Gasteiger partial charge on any atom is -0.347 e. The van der Waals surface area contributed by atoms with E-state index in [4.69, 9.17) is 5.26 Å². The normalized spacial score (nSPS) is 26.8. The Balaban J connectivity index is 1.57. The molecule has 1 N–H and O–H groups in total. The third kappa shape index (κ3) is 2.27. The molecule has 0 unspecified atom stereocenters. The Kier molecular flexibility index (Phi) is 3.32. The maximum Gasteiger partial charge on any atom is 0.263 e. The summed E-state index contributed by atoms with van der Waals surface area (Å²) in [6.07, 6.45) is 2.36. The fourth-order valence-electron chi connectivity index (χ4n) is 3.54. The highest BCUT2D eigenvalue weighted by Crippen LogP contribution is 2.29. The van der Waals surface area contributed by atoms with Gasteiger partial charge in [-0.2, -0.15) is 9.64 Å². The van der Waals surface area contributed by atoms with Gasteiger partial charge in [-0.25, -0.2) is 0 Å². The summed E-state index contributed by atoms with van der Waals surface area (Å²) in [6, 6.07) is 7.65. The van der Waals surface area contributed by atoms with Gasteiger partial charge >= 0.3 is 0 Å². The van der Waals surface area contributed by atoms with E-state index in [1.54, 1.807) is 12.1 Å². The molecule has 0 radical (unpaired) electrons. The van der Waals surface area contributed by atoms with Crippen LogP contribution >= 0.6 is 11.5 Å². The van der Waals surface area contributed by atoms with E-state index in [1.807, 2.05) is 6.07 Å². The monoisotopic (exact) mass is 312 g/mol. The van der Waals surface area contributed by atoms with Gasteiger partial charge in [0.1, 0.15) is 4.88 Å². The molecule has 22 heavy (non-hydrogen) atoms. The molecule has 1 atom stereocenters. The Morgan fingerprint density at radius 2 is 2.23 bits per heavy atom. The Morgan fingerprint density at radius 1 is 1.41 bits per heavy atom. The summed E-state index contributed by atoms with van der Waals surface area (Å²) in [6.45, 7) is 3.29. The molecule has 1 aromatic carbocycles. The number of rotatable bonds is 2. The van der Waals surface area contributed by atoms with E-state index in [2.05, 4.69) is 20.7 Å². The van der Waals surface area contributed by atoms with Gasteiger partial charge in [0.2, 0.25) is 0 Å². The number of hydrogen-bond donors (Lipinski definition) is 1. The number of nitriles is 1. The average molecular weight is 312 g/mol. The second-order valence-electron chi connectivity index (χ2n) is 6.07. The number of fused-ring (bicyclic) bond motifs is 4. The quantitative estimate of drug-likeness (QED) is 0.921. The number of carbonyl (C=O) groups excluding carboxylic acids is 1. The number of hydrogen-bond acceptors (Lipinski definition) is 5. The van der Waals surface area contributed by atoms with Crippen LogP contribution in [-0.4, -0.2) is 40.9 Å². The number of carbonyl (C=O) groups is 1. The first-order valence-electron chi connectivity index (χ1n) is 7.57. The lowest BCUT2D eigenvalue weighted by atomic mass is 9.84. The Labute approximate surface area is 132 Å². The zero-order chi connectivity index (χ0) is 15.1. The van der Waals surface area contributed by atoms with Crippen LogP contribution in [-0.2, 0) is 0 Å². The van der Waals surface area contributed by atoms with E-state index in [9.17, 15) is 4.79 Å². The summed E-state index contributed by atoms with van der Waals surface area (Å²) in [5.74, 6) is 0.578. The van der Waals surface area contributed by atoms with E-state index in [0.29, 0.717) is 16.4 Å². The van der Waals surface area contributed by atoms with Gasteiger partial charge in [0.05, 0.1) is 17.1 Å². The Hall–Kier alpha value is -1.97. The van der Waals surface area contributed by atoms with Crippen molar-refractivity contribution in [3.8, 4) is 6.07 Å². The summed E-state index contributed by atoms with van der Waals surface area (Å²) in [5, 5.41) is 13.0. The zero-order valence-electron chi connectivity index (χ0n) is 12.1. The maximum absolute atomic E-state index is 12.6. The van der Waals surface area contributed by atoms with Gasteiger partial charge in [-0.3, -0.25) is 4.79 Å². The highest BCUT2D eigenvalue weighted by molar-refractivity contribution is 7.09. The summed E-state index contributed by atoms with van der Waals surface area (Å²) in [7, 11) is 0. The van der Waals surface area contributed by atoms with Gasteiger partial charge in [0.15, 0.2) is 0 Å². The predicted molar refractivity (Wildman–Crippen MR) is 84.8 cm³/mol. The van der Waals surface area contributed by atoms with Crippen molar-refractivity contribution in [1.82, 2.24) is 14.6 Å². The zero-order valence-corrected chi connectivity index (χ0v) is 12.9. The van der Waals surface area contributed by atoms with E-state index in [1.165, 1.54) is 24.4 Å². The van der Waals surface area contributed by atoms with Crippen molar-refractivity contribution < 1.29 is 4.79 Å². The molecule has 1 aromatic heterocycles. The fourth-order valence-corrected chi connectivity index (χ4v) is 4.29. The first kappa shape index (κ1) is 13.7. The van der Waals surface area contributed by atoms with Gasteiger partial charge in [0.25, 0.3) is 5.91 Å². The van der Waals surface area contributed by atoms with Crippen molar-refractivity contribution in [1.29, 1.82) is 5.26 Å². The molecule has 2 aromatic rings. The molecular formula is C16H16N4OS. The molecule has 2 bridgehead atoms. The summed E-state index contributed by atoms with van der Waals surface area (Å²) >= 11 is 1.21. The van der Waals surface area contributed by atoms with Gasteiger partial charge in [0, 0.05) is 18.0 Å². The number of amides is 1. The minimum atomic E-state index is -0.0315. The standard InChI is InChI=1S/C16H16N4OS/c17-8-10-1-2-12-13(7-10)19-22-15(12)16(21)18-14-9-20-5-3-11(14)4-6-20/h1-2,7,11,14H,3-6,9H2,(H,18,21)/t14-/m0/s1. The summed E-state index contributed by atoms with van der Waals surface area (Å²) < 4.78 is 4.31. The van der Waals surface area contributed by atoms with Crippen molar-refractivity contribution in [2.24, 2.45) is 5.92 Å². The van der Waals surface area contributed by atoms with Gasteiger partial charge < -0.3 is 10.2 Å². The highest BCUT2D eigenvalue weighted by atomic mass is 32.1. The summed E-state index contributed by atoms with van der Waals surface area (Å²) in [5.41, 5.74) is 1.30. The number of aromatic nitrogens is 1. The van der Waals surface area contributed by atoms with Crippen LogP contribution in [0, 0.1) is 17.2 Å². The van der Waals surface area contributed by atoms with Crippen LogP contribution in [0.1, 0.15) is 28.1 Å². The van der Waals surface area contributed by atoms with Crippen LogP contribution in [0.4, 0.5) is 0 Å². The number of nitrogens with zero attached hydrogens (tertiary/aromatic N) is 3. The number of nitrogens with one attached hydrogen (secondary N) is 1. The van der Waals surface area contributed by atoms with Gasteiger partial charge in [-0.05, 0) is 61.6 Å². The molecule has 3 saturated heterocycles. The highest BCUT2D eigenvalue weighted by Gasteiger charge is 2.35. The fraction of sp³-hybridized carbons (Fsp3) is 0.438. The first-order chi connectivity index (χ1) is 10.7. The third-order valence-electron chi connectivity index (χ3n) is 4.79. The topological polar surface area (TPSA) is 69.0 Å². The largest absolute Gasteiger partial charge is 0.347 e. The smallest absolute Gasteiger partial charge is 0.263 e. The summed E-state index contributed by atoms with van der Waals surface area (Å²) in [4.78, 5) is 15.7. The molecule has 3 aliphatic heterocycles. The van der Waals surface area contributed by atoms with Crippen LogP contribution in [0.3, 0.4) is 0 Å². The first-order valence-corrected chi connectivity index (χ1v) is 8.34. The van der Waals surface area contributed by atoms with E-state index in [0.717, 1.165) is 30.5 Å². The second kappa shape index (κ2) is 5.34. The SMILES string of the molecule is N#Cc1ccc2c(C(=O)N[C@H]3CN4CCC3CC4)snc2c1. The minimum absolute atomic E-state index is 0.0315. The van der Waals surface area contributed by atoms with Crippen LogP contribution in [0.25, 0.3) is 10.9 Å². The van der Waals surface area contributed by atoms with Crippen molar-refractivity contribution >= 4 is 28.3 Å². The third-order valence-corrected chi connectivity index (χ3v) is 5.66. The molecule has 3 fully saturated rings. The molecule has 0 aliphatic carbocycles. The number of benzene rings is 1.